The molecule has 0 fully saturated rings. The highest BCUT2D eigenvalue weighted by atomic mass is 32.2. The quantitative estimate of drug-likeness (QED) is 0.161. The van der Waals surface area contributed by atoms with Crippen LogP contribution in [0.3, 0.4) is 0 Å². The molecule has 0 radical (unpaired) electrons. The first kappa shape index (κ1) is 25.3. The molecule has 0 aliphatic rings. The summed E-state index contributed by atoms with van der Waals surface area (Å²) in [4.78, 5) is 31.4. The van der Waals surface area contributed by atoms with Crippen LogP contribution in [0.4, 0.5) is 0 Å². The molecule has 4 aromatic rings. The summed E-state index contributed by atoms with van der Waals surface area (Å²) in [5, 5.41) is 0.436. The number of carbonyl (C=O) groups is 1. The van der Waals surface area contributed by atoms with Crippen LogP contribution in [-0.2, 0) is 17.8 Å². The number of aryl methyl sites for hydroxylation is 2. The van der Waals surface area contributed by atoms with E-state index >= 15 is 0 Å². The number of hydrogen-bond donors (Lipinski definition) is 0. The van der Waals surface area contributed by atoms with Gasteiger partial charge in [-0.05, 0) is 36.3 Å². The summed E-state index contributed by atoms with van der Waals surface area (Å²) in [7, 11) is 1.57. The highest BCUT2D eigenvalue weighted by Gasteiger charge is 2.24. The Hall–Kier alpha value is -2.75. The third-order valence-corrected chi connectivity index (χ3v) is 7.99. The molecule has 0 aliphatic carbocycles. The van der Waals surface area contributed by atoms with Gasteiger partial charge in [-0.15, -0.1) is 0 Å². The van der Waals surface area contributed by atoms with Gasteiger partial charge in [-0.25, -0.2) is 4.98 Å². The van der Waals surface area contributed by atoms with Crippen molar-refractivity contribution in [2.75, 3.05) is 12.9 Å². The van der Waals surface area contributed by atoms with Gasteiger partial charge in [0, 0.05) is 12.0 Å². The van der Waals surface area contributed by atoms with E-state index in [1.54, 1.807) is 13.2 Å². The van der Waals surface area contributed by atoms with Crippen molar-refractivity contribution < 1.29 is 9.53 Å². The molecule has 0 saturated carbocycles. The van der Waals surface area contributed by atoms with Crippen molar-refractivity contribution in [3.8, 4) is 11.4 Å². The van der Waals surface area contributed by atoms with Crippen LogP contribution in [0.25, 0.3) is 16.0 Å². The summed E-state index contributed by atoms with van der Waals surface area (Å²) >= 11 is 8.17. The zero-order valence-corrected chi connectivity index (χ0v) is 22.6. The molecule has 2 aromatic heterocycles. The SMILES string of the molecule is COc1ccccc1-n1c(SCC(=O)C(C)(C)C)nc2c(sc(=S)n2CCc2ccccc2)c1=O. The second-order valence-electron chi connectivity index (χ2n) is 9.08. The molecule has 0 saturated heterocycles. The summed E-state index contributed by atoms with van der Waals surface area (Å²) in [6.45, 7) is 6.28. The van der Waals surface area contributed by atoms with E-state index in [2.05, 4.69) is 12.1 Å². The number of carbonyl (C=O) groups excluding carboxylic acids is 1. The minimum Gasteiger partial charge on any atom is -0.495 e. The average molecular weight is 526 g/mol. The van der Waals surface area contributed by atoms with Crippen molar-refractivity contribution in [2.45, 2.75) is 38.9 Å². The largest absolute Gasteiger partial charge is 0.495 e. The maximum absolute atomic E-state index is 13.8. The van der Waals surface area contributed by atoms with Crippen molar-refractivity contribution in [1.82, 2.24) is 14.1 Å². The Morgan fingerprint density at radius 2 is 1.80 bits per heavy atom. The van der Waals surface area contributed by atoms with Crippen molar-refractivity contribution in [2.24, 2.45) is 5.41 Å². The van der Waals surface area contributed by atoms with Crippen LogP contribution in [0.5, 0.6) is 5.75 Å². The van der Waals surface area contributed by atoms with Gasteiger partial charge in [0.15, 0.2) is 14.8 Å². The lowest BCUT2D eigenvalue weighted by Crippen LogP contribution is -2.25. The first-order chi connectivity index (χ1) is 16.7. The number of hydrogen-bond acceptors (Lipinski definition) is 7. The Morgan fingerprint density at radius 1 is 1.11 bits per heavy atom. The van der Waals surface area contributed by atoms with Gasteiger partial charge in [0.1, 0.15) is 16.2 Å². The zero-order valence-electron chi connectivity index (χ0n) is 20.1. The fourth-order valence-electron chi connectivity index (χ4n) is 3.53. The third kappa shape index (κ3) is 5.42. The Kier molecular flexibility index (Phi) is 7.59. The number of ketones is 1. The number of benzene rings is 2. The number of thioether (sulfide) groups is 1. The number of para-hydroxylation sites is 2. The van der Waals surface area contributed by atoms with E-state index in [-0.39, 0.29) is 17.1 Å². The minimum absolute atomic E-state index is 0.0784. The smallest absolute Gasteiger partial charge is 0.278 e. The van der Waals surface area contributed by atoms with Gasteiger partial charge in [-0.2, -0.15) is 0 Å². The van der Waals surface area contributed by atoms with Crippen LogP contribution in [0.2, 0.25) is 0 Å². The number of fused-ring (bicyclic) bond motifs is 1. The van der Waals surface area contributed by atoms with Crippen LogP contribution in [-0.4, -0.2) is 32.8 Å². The number of rotatable bonds is 8. The van der Waals surface area contributed by atoms with E-state index in [4.69, 9.17) is 21.9 Å². The van der Waals surface area contributed by atoms with Gasteiger partial charge < -0.3 is 9.30 Å². The Morgan fingerprint density at radius 3 is 2.49 bits per heavy atom. The average Bonchev–Trinajstić information content (AvgIpc) is 3.16. The Labute approximate surface area is 217 Å². The minimum atomic E-state index is -0.488. The maximum Gasteiger partial charge on any atom is 0.278 e. The number of aromatic nitrogens is 3. The van der Waals surface area contributed by atoms with E-state index in [1.165, 1.54) is 33.2 Å². The summed E-state index contributed by atoms with van der Waals surface area (Å²) in [6, 6.07) is 17.4. The molecule has 35 heavy (non-hydrogen) atoms. The molecule has 182 valence electrons. The molecule has 0 N–H and O–H groups in total. The first-order valence-electron chi connectivity index (χ1n) is 11.2. The standard InChI is InChI=1S/C26H27N3O3S3/c1-26(2,3)20(30)16-34-24-27-22-21(23(31)29(24)18-12-8-9-13-19(18)32-4)35-25(33)28(22)15-14-17-10-6-5-7-11-17/h5-13H,14-16H2,1-4H3. The van der Waals surface area contributed by atoms with Gasteiger partial charge in [0.25, 0.3) is 5.56 Å². The van der Waals surface area contributed by atoms with Crippen LogP contribution < -0.4 is 10.3 Å². The fourth-order valence-corrected chi connectivity index (χ4v) is 6.00. The summed E-state index contributed by atoms with van der Waals surface area (Å²) in [6.07, 6.45) is 0.767. The summed E-state index contributed by atoms with van der Waals surface area (Å²) < 4.78 is 10.1. The van der Waals surface area contributed by atoms with Crippen molar-refractivity contribution >= 4 is 51.4 Å². The number of methoxy groups -OCH3 is 1. The van der Waals surface area contributed by atoms with E-state index in [1.807, 2.05) is 61.7 Å². The summed E-state index contributed by atoms with van der Waals surface area (Å²) in [5.74, 6) is 0.826. The van der Waals surface area contributed by atoms with Gasteiger partial charge in [-0.1, -0.05) is 86.3 Å². The predicted octanol–water partition coefficient (Wildman–Crippen LogP) is 5.94. The molecule has 0 spiro atoms. The molecule has 9 heteroatoms. The number of nitrogens with zero attached hydrogens (tertiary/aromatic N) is 3. The zero-order chi connectivity index (χ0) is 25.2. The monoisotopic (exact) mass is 525 g/mol. The number of ether oxygens (including phenoxy) is 1. The van der Waals surface area contributed by atoms with Gasteiger partial charge >= 0.3 is 0 Å². The predicted molar refractivity (Wildman–Crippen MR) is 146 cm³/mol. The fraction of sp³-hybridized carbons (Fsp3) is 0.308. The second-order valence-corrected chi connectivity index (χ2v) is 11.7. The van der Waals surface area contributed by atoms with Crippen LogP contribution >= 0.6 is 35.3 Å². The van der Waals surface area contributed by atoms with Crippen LogP contribution in [0, 0.1) is 9.37 Å². The van der Waals surface area contributed by atoms with Crippen molar-refractivity contribution in [3.05, 3.63) is 74.5 Å². The molecule has 0 bridgehead atoms. The molecule has 0 unspecified atom stereocenters. The van der Waals surface area contributed by atoms with Crippen LogP contribution in [0.15, 0.2) is 64.5 Å². The summed E-state index contributed by atoms with van der Waals surface area (Å²) in [5.41, 5.74) is 1.60. The second kappa shape index (κ2) is 10.5. The first-order valence-corrected chi connectivity index (χ1v) is 13.4. The molecule has 4 rings (SSSR count). The molecule has 0 aliphatic heterocycles. The molecule has 2 heterocycles. The van der Waals surface area contributed by atoms with E-state index in [0.717, 1.165) is 6.42 Å². The highest BCUT2D eigenvalue weighted by Crippen LogP contribution is 2.30. The topological polar surface area (TPSA) is 66.1 Å². The van der Waals surface area contributed by atoms with Crippen molar-refractivity contribution in [3.63, 3.8) is 0 Å². The van der Waals surface area contributed by atoms with Gasteiger partial charge in [0.2, 0.25) is 0 Å². The Bertz CT molecular complexity index is 1480. The highest BCUT2D eigenvalue weighted by molar-refractivity contribution is 7.99. The van der Waals surface area contributed by atoms with E-state index in [9.17, 15) is 9.59 Å². The lowest BCUT2D eigenvalue weighted by molar-refractivity contribution is -0.123. The van der Waals surface area contributed by atoms with E-state index in [0.29, 0.717) is 37.4 Å². The Balaban J connectivity index is 1.86. The van der Waals surface area contributed by atoms with Crippen molar-refractivity contribution in [1.29, 1.82) is 0 Å². The molecule has 0 amide bonds. The lowest BCUT2D eigenvalue weighted by atomic mass is 9.92. The molecule has 0 atom stereocenters. The third-order valence-electron chi connectivity index (χ3n) is 5.62. The van der Waals surface area contributed by atoms with Crippen LogP contribution in [0.1, 0.15) is 26.3 Å². The molecule has 2 aromatic carbocycles. The normalized spacial score (nSPS) is 11.7. The maximum atomic E-state index is 13.8. The van der Waals surface area contributed by atoms with Gasteiger partial charge in [0.05, 0.1) is 18.6 Å². The number of Topliss-reactive ketones (excluding diaryl/α,β-unsaturated/α-hetero) is 1. The van der Waals surface area contributed by atoms with Gasteiger partial charge in [-0.3, -0.25) is 14.2 Å². The number of thiazole rings is 1. The molecule has 6 nitrogen and oxygen atoms in total. The molecular formula is C26H27N3O3S3. The van der Waals surface area contributed by atoms with E-state index < -0.39 is 5.41 Å². The molecular weight excluding hydrogens is 499 g/mol. The lowest BCUT2D eigenvalue weighted by Gasteiger charge is -2.18.